The molecule has 6 heteroatoms. The van der Waals surface area contributed by atoms with E-state index in [4.69, 9.17) is 10.5 Å². The van der Waals surface area contributed by atoms with Crippen molar-refractivity contribution in [2.45, 2.75) is 6.61 Å². The monoisotopic (exact) mass is 323 g/mol. The van der Waals surface area contributed by atoms with Gasteiger partial charge >= 0.3 is 0 Å². The number of carbonyl (C=O) groups is 1. The normalized spacial score (nSPS) is 10.4. The zero-order valence-corrected chi connectivity index (χ0v) is 12.6. The van der Waals surface area contributed by atoms with E-state index in [9.17, 15) is 9.18 Å². The lowest BCUT2D eigenvalue weighted by Crippen LogP contribution is -2.13. The van der Waals surface area contributed by atoms with Gasteiger partial charge in [0.05, 0.1) is 6.20 Å². The molecule has 2 heterocycles. The summed E-state index contributed by atoms with van der Waals surface area (Å²) in [4.78, 5) is 19.3. The van der Waals surface area contributed by atoms with Crippen LogP contribution in [0.1, 0.15) is 16.1 Å². The second-order valence-corrected chi connectivity index (χ2v) is 5.08. The van der Waals surface area contributed by atoms with Crippen molar-refractivity contribution in [1.82, 2.24) is 9.97 Å². The van der Waals surface area contributed by atoms with Crippen molar-refractivity contribution in [3.8, 4) is 16.9 Å². The molecule has 0 atom stereocenters. The van der Waals surface area contributed by atoms with Gasteiger partial charge in [0.1, 0.15) is 23.9 Å². The topological polar surface area (TPSA) is 78.1 Å². The summed E-state index contributed by atoms with van der Waals surface area (Å²) in [5.41, 5.74) is 7.66. The van der Waals surface area contributed by atoms with Gasteiger partial charge in [0, 0.05) is 18.0 Å². The van der Waals surface area contributed by atoms with Crippen molar-refractivity contribution >= 4 is 5.91 Å². The second kappa shape index (κ2) is 6.87. The minimum absolute atomic E-state index is 0.116. The molecule has 0 spiro atoms. The van der Waals surface area contributed by atoms with Crippen molar-refractivity contribution in [1.29, 1.82) is 0 Å². The molecule has 0 saturated carbocycles. The fourth-order valence-corrected chi connectivity index (χ4v) is 2.19. The van der Waals surface area contributed by atoms with Gasteiger partial charge in [-0.1, -0.05) is 12.1 Å². The standard InChI is InChI=1S/C18H14FN3O2/c19-14-3-1-13(2-4-14)15-9-16(18(20)23)22-10-17(15)24-11-12-5-7-21-8-6-12/h1-10H,11H2,(H2,20,23). The van der Waals surface area contributed by atoms with Crippen LogP contribution in [0, 0.1) is 5.82 Å². The Kier molecular flexibility index (Phi) is 4.47. The van der Waals surface area contributed by atoms with E-state index in [1.807, 2.05) is 12.1 Å². The van der Waals surface area contributed by atoms with Crippen LogP contribution in [0.2, 0.25) is 0 Å². The van der Waals surface area contributed by atoms with Crippen LogP contribution in [-0.4, -0.2) is 15.9 Å². The number of halogens is 1. The van der Waals surface area contributed by atoms with Crippen LogP contribution in [0.3, 0.4) is 0 Å². The molecular formula is C18H14FN3O2. The maximum Gasteiger partial charge on any atom is 0.267 e. The molecule has 0 radical (unpaired) electrons. The number of carbonyl (C=O) groups excluding carboxylic acids is 1. The lowest BCUT2D eigenvalue weighted by molar-refractivity contribution is 0.0995. The van der Waals surface area contributed by atoms with E-state index in [1.54, 1.807) is 24.5 Å². The minimum atomic E-state index is -0.640. The van der Waals surface area contributed by atoms with Gasteiger partial charge in [-0.15, -0.1) is 0 Å². The lowest BCUT2D eigenvalue weighted by atomic mass is 10.0. The maximum atomic E-state index is 13.2. The van der Waals surface area contributed by atoms with Crippen molar-refractivity contribution in [2.75, 3.05) is 0 Å². The molecule has 0 aliphatic heterocycles. The molecule has 0 bridgehead atoms. The van der Waals surface area contributed by atoms with Crippen LogP contribution in [0.5, 0.6) is 5.75 Å². The third-order valence-corrected chi connectivity index (χ3v) is 3.42. The summed E-state index contributed by atoms with van der Waals surface area (Å²) in [6.45, 7) is 0.314. The number of aromatic nitrogens is 2. The molecule has 120 valence electrons. The van der Waals surface area contributed by atoms with E-state index >= 15 is 0 Å². The summed E-state index contributed by atoms with van der Waals surface area (Å²) in [5.74, 6) is -0.510. The predicted molar refractivity (Wildman–Crippen MR) is 86.7 cm³/mol. The quantitative estimate of drug-likeness (QED) is 0.783. The van der Waals surface area contributed by atoms with E-state index in [2.05, 4.69) is 9.97 Å². The molecule has 24 heavy (non-hydrogen) atoms. The highest BCUT2D eigenvalue weighted by Crippen LogP contribution is 2.30. The summed E-state index contributed by atoms with van der Waals surface area (Å²) in [6, 6.07) is 11.1. The number of hydrogen-bond donors (Lipinski definition) is 1. The van der Waals surface area contributed by atoms with E-state index in [1.165, 1.54) is 24.4 Å². The van der Waals surface area contributed by atoms with E-state index in [0.29, 0.717) is 23.5 Å². The number of ether oxygens (including phenoxy) is 1. The summed E-state index contributed by atoms with van der Waals surface area (Å²) >= 11 is 0. The van der Waals surface area contributed by atoms with Gasteiger partial charge in [-0.25, -0.2) is 9.37 Å². The smallest absolute Gasteiger partial charge is 0.267 e. The van der Waals surface area contributed by atoms with Crippen LogP contribution in [0.4, 0.5) is 4.39 Å². The number of benzene rings is 1. The summed E-state index contributed by atoms with van der Waals surface area (Å²) in [5, 5.41) is 0. The molecule has 5 nitrogen and oxygen atoms in total. The van der Waals surface area contributed by atoms with E-state index in [0.717, 1.165) is 5.56 Å². The Labute approximate surface area is 137 Å². The number of rotatable bonds is 5. The Morgan fingerprint density at radius 2 is 1.83 bits per heavy atom. The molecule has 2 N–H and O–H groups in total. The zero-order valence-electron chi connectivity index (χ0n) is 12.6. The first-order chi connectivity index (χ1) is 11.6. The predicted octanol–water partition coefficient (Wildman–Crippen LogP) is 2.96. The lowest BCUT2D eigenvalue weighted by Gasteiger charge is -2.12. The Balaban J connectivity index is 1.95. The van der Waals surface area contributed by atoms with Crippen molar-refractivity contribution in [2.24, 2.45) is 5.73 Å². The molecule has 0 saturated heterocycles. The first kappa shape index (κ1) is 15.6. The van der Waals surface area contributed by atoms with Gasteiger partial charge in [0.15, 0.2) is 0 Å². The fraction of sp³-hybridized carbons (Fsp3) is 0.0556. The molecule has 0 unspecified atom stereocenters. The van der Waals surface area contributed by atoms with E-state index in [-0.39, 0.29) is 11.5 Å². The molecular weight excluding hydrogens is 309 g/mol. The van der Waals surface area contributed by atoms with Gasteiger partial charge in [-0.2, -0.15) is 0 Å². The highest BCUT2D eigenvalue weighted by molar-refractivity contribution is 5.92. The second-order valence-electron chi connectivity index (χ2n) is 5.08. The zero-order chi connectivity index (χ0) is 16.9. The summed E-state index contributed by atoms with van der Waals surface area (Å²) < 4.78 is 19.0. The van der Waals surface area contributed by atoms with Gasteiger partial charge in [-0.3, -0.25) is 9.78 Å². The van der Waals surface area contributed by atoms with Crippen LogP contribution >= 0.6 is 0 Å². The number of nitrogens with zero attached hydrogens (tertiary/aromatic N) is 2. The van der Waals surface area contributed by atoms with Crippen LogP contribution in [0.15, 0.2) is 61.1 Å². The molecule has 2 aromatic heterocycles. The third kappa shape index (κ3) is 3.55. The highest BCUT2D eigenvalue weighted by Gasteiger charge is 2.12. The first-order valence-corrected chi connectivity index (χ1v) is 7.21. The van der Waals surface area contributed by atoms with Crippen molar-refractivity contribution in [3.63, 3.8) is 0 Å². The van der Waals surface area contributed by atoms with Crippen molar-refractivity contribution in [3.05, 3.63) is 78.1 Å². The molecule has 1 aromatic carbocycles. The molecule has 3 rings (SSSR count). The molecule has 0 aliphatic rings. The van der Waals surface area contributed by atoms with Gasteiger partial charge in [-0.05, 0) is 41.5 Å². The van der Waals surface area contributed by atoms with Gasteiger partial charge in [0.2, 0.25) is 0 Å². The molecule has 1 amide bonds. The van der Waals surface area contributed by atoms with Crippen molar-refractivity contribution < 1.29 is 13.9 Å². The minimum Gasteiger partial charge on any atom is -0.487 e. The Morgan fingerprint density at radius 3 is 2.50 bits per heavy atom. The Hall–Kier alpha value is -3.28. The summed E-state index contributed by atoms with van der Waals surface area (Å²) in [7, 11) is 0. The van der Waals surface area contributed by atoms with Crippen LogP contribution in [-0.2, 0) is 6.61 Å². The first-order valence-electron chi connectivity index (χ1n) is 7.21. The van der Waals surface area contributed by atoms with E-state index < -0.39 is 5.91 Å². The average molecular weight is 323 g/mol. The number of nitrogens with two attached hydrogens (primary N) is 1. The SMILES string of the molecule is NC(=O)c1cc(-c2ccc(F)cc2)c(OCc2ccncc2)cn1. The molecule has 0 aliphatic carbocycles. The number of hydrogen-bond acceptors (Lipinski definition) is 4. The number of primary amides is 1. The fourth-order valence-electron chi connectivity index (χ4n) is 2.19. The van der Waals surface area contributed by atoms with Crippen LogP contribution in [0.25, 0.3) is 11.1 Å². The van der Waals surface area contributed by atoms with Gasteiger partial charge < -0.3 is 10.5 Å². The molecule has 0 fully saturated rings. The average Bonchev–Trinajstić information content (AvgIpc) is 2.61. The maximum absolute atomic E-state index is 13.2. The highest BCUT2D eigenvalue weighted by atomic mass is 19.1. The number of amides is 1. The Bertz CT molecular complexity index is 852. The van der Waals surface area contributed by atoms with Crippen LogP contribution < -0.4 is 10.5 Å². The number of pyridine rings is 2. The third-order valence-electron chi connectivity index (χ3n) is 3.42. The largest absolute Gasteiger partial charge is 0.487 e. The summed E-state index contributed by atoms with van der Waals surface area (Å²) in [6.07, 6.45) is 4.79. The van der Waals surface area contributed by atoms with Gasteiger partial charge in [0.25, 0.3) is 5.91 Å². The Morgan fingerprint density at radius 1 is 1.12 bits per heavy atom. The molecule has 3 aromatic rings.